The van der Waals surface area contributed by atoms with Crippen LogP contribution in [0.25, 0.3) is 22.4 Å². The van der Waals surface area contributed by atoms with Crippen LogP contribution in [0.3, 0.4) is 0 Å². The summed E-state index contributed by atoms with van der Waals surface area (Å²) in [5.41, 5.74) is 1.49. The number of benzene rings is 2. The van der Waals surface area contributed by atoms with Crippen molar-refractivity contribution in [3.63, 3.8) is 0 Å². The molecule has 3 rings (SSSR count). The van der Waals surface area contributed by atoms with Crippen LogP contribution in [0.5, 0.6) is 0 Å². The molecule has 1 nitrogen and oxygen atoms in total. The van der Waals surface area contributed by atoms with Crippen LogP contribution in [-0.2, 0) is 0 Å². The second-order valence-corrected chi connectivity index (χ2v) is 4.39. The summed E-state index contributed by atoms with van der Waals surface area (Å²) in [6.45, 7) is 0. The molecular formula is C17H11F2N. The van der Waals surface area contributed by atoms with E-state index in [1.165, 1.54) is 12.1 Å². The Hall–Kier alpha value is -2.55. The molecule has 0 bridgehead atoms. The van der Waals surface area contributed by atoms with E-state index >= 15 is 0 Å². The van der Waals surface area contributed by atoms with Gasteiger partial charge in [-0.1, -0.05) is 36.4 Å². The Morgan fingerprint density at radius 3 is 2.05 bits per heavy atom. The standard InChI is InChI=1S/C17H11F2N/c18-15-11-14(17-8-4-5-9-20-17)16(19)10-13(15)12-6-2-1-3-7-12/h1-11H. The van der Waals surface area contributed by atoms with Crippen LogP contribution < -0.4 is 0 Å². The predicted molar refractivity (Wildman–Crippen MR) is 75.0 cm³/mol. The Kier molecular flexibility index (Phi) is 3.25. The van der Waals surface area contributed by atoms with Gasteiger partial charge in [0.1, 0.15) is 11.6 Å². The highest BCUT2D eigenvalue weighted by molar-refractivity contribution is 5.70. The summed E-state index contributed by atoms with van der Waals surface area (Å²) in [7, 11) is 0. The van der Waals surface area contributed by atoms with Crippen LogP contribution in [0.2, 0.25) is 0 Å². The third-order valence-corrected chi connectivity index (χ3v) is 3.08. The minimum Gasteiger partial charge on any atom is -0.256 e. The SMILES string of the molecule is Fc1cc(-c2ccccn2)c(F)cc1-c1ccccc1. The lowest BCUT2D eigenvalue weighted by molar-refractivity contribution is 0.605. The van der Waals surface area contributed by atoms with Gasteiger partial charge in [-0.3, -0.25) is 4.98 Å². The number of rotatable bonds is 2. The molecule has 0 spiro atoms. The molecule has 0 saturated carbocycles. The third-order valence-electron chi connectivity index (χ3n) is 3.08. The quantitative estimate of drug-likeness (QED) is 0.656. The Morgan fingerprint density at radius 2 is 1.35 bits per heavy atom. The van der Waals surface area contributed by atoms with Gasteiger partial charge in [-0.2, -0.15) is 0 Å². The zero-order valence-electron chi connectivity index (χ0n) is 10.6. The van der Waals surface area contributed by atoms with Gasteiger partial charge >= 0.3 is 0 Å². The first kappa shape index (κ1) is 12.5. The molecule has 3 heteroatoms. The third kappa shape index (κ3) is 2.30. The van der Waals surface area contributed by atoms with Crippen molar-refractivity contribution in [3.05, 3.63) is 78.5 Å². The molecule has 0 aliphatic rings. The monoisotopic (exact) mass is 267 g/mol. The average molecular weight is 267 g/mol. The van der Waals surface area contributed by atoms with Gasteiger partial charge in [-0.15, -0.1) is 0 Å². The van der Waals surface area contributed by atoms with E-state index in [9.17, 15) is 8.78 Å². The highest BCUT2D eigenvalue weighted by atomic mass is 19.1. The largest absolute Gasteiger partial charge is 0.256 e. The maximum absolute atomic E-state index is 14.2. The highest BCUT2D eigenvalue weighted by Gasteiger charge is 2.13. The maximum Gasteiger partial charge on any atom is 0.133 e. The highest BCUT2D eigenvalue weighted by Crippen LogP contribution is 2.29. The van der Waals surface area contributed by atoms with Gasteiger partial charge in [-0.05, 0) is 29.8 Å². The molecule has 0 saturated heterocycles. The topological polar surface area (TPSA) is 12.9 Å². The number of hydrogen-bond acceptors (Lipinski definition) is 1. The molecule has 0 aliphatic carbocycles. The molecule has 3 aromatic rings. The van der Waals surface area contributed by atoms with E-state index < -0.39 is 11.6 Å². The number of aromatic nitrogens is 1. The van der Waals surface area contributed by atoms with Crippen molar-refractivity contribution in [2.24, 2.45) is 0 Å². The number of pyridine rings is 1. The van der Waals surface area contributed by atoms with Crippen molar-refractivity contribution < 1.29 is 8.78 Å². The Labute approximate surface area is 115 Å². The minimum atomic E-state index is -0.482. The number of nitrogens with zero attached hydrogens (tertiary/aromatic N) is 1. The molecule has 0 fully saturated rings. The summed E-state index contributed by atoms with van der Waals surface area (Å²) in [5.74, 6) is -0.942. The van der Waals surface area contributed by atoms with Crippen molar-refractivity contribution in [1.29, 1.82) is 0 Å². The zero-order chi connectivity index (χ0) is 13.9. The smallest absolute Gasteiger partial charge is 0.133 e. The molecule has 0 unspecified atom stereocenters. The molecule has 1 aromatic heterocycles. The van der Waals surface area contributed by atoms with Gasteiger partial charge in [-0.25, -0.2) is 8.78 Å². The molecule has 0 amide bonds. The zero-order valence-corrected chi connectivity index (χ0v) is 10.6. The van der Waals surface area contributed by atoms with Crippen molar-refractivity contribution in [3.8, 4) is 22.4 Å². The fourth-order valence-electron chi connectivity index (χ4n) is 2.10. The average Bonchev–Trinajstić information content (AvgIpc) is 2.51. The van der Waals surface area contributed by atoms with E-state index in [-0.39, 0.29) is 11.1 Å². The van der Waals surface area contributed by atoms with Crippen LogP contribution in [0.15, 0.2) is 66.9 Å². The first-order valence-electron chi connectivity index (χ1n) is 6.21. The van der Waals surface area contributed by atoms with Gasteiger partial charge in [0.25, 0.3) is 0 Å². The summed E-state index contributed by atoms with van der Waals surface area (Å²) in [6, 6.07) is 16.4. The van der Waals surface area contributed by atoms with Crippen LogP contribution in [-0.4, -0.2) is 4.98 Å². The second-order valence-electron chi connectivity index (χ2n) is 4.39. The Balaban J connectivity index is 2.13. The normalized spacial score (nSPS) is 10.5. The molecule has 2 aromatic carbocycles. The first-order chi connectivity index (χ1) is 9.75. The summed E-state index contributed by atoms with van der Waals surface area (Å²) >= 11 is 0. The van der Waals surface area contributed by atoms with Gasteiger partial charge in [0.05, 0.1) is 5.69 Å². The minimum absolute atomic E-state index is 0.169. The lowest BCUT2D eigenvalue weighted by atomic mass is 10.0. The van der Waals surface area contributed by atoms with Gasteiger partial charge in [0, 0.05) is 17.3 Å². The second kappa shape index (κ2) is 5.21. The van der Waals surface area contributed by atoms with E-state index in [1.807, 2.05) is 6.07 Å². The number of hydrogen-bond donors (Lipinski definition) is 0. The summed E-state index contributed by atoms with van der Waals surface area (Å²) < 4.78 is 28.4. The van der Waals surface area contributed by atoms with Crippen molar-refractivity contribution in [2.75, 3.05) is 0 Å². The van der Waals surface area contributed by atoms with E-state index in [2.05, 4.69) is 4.98 Å². The molecule has 20 heavy (non-hydrogen) atoms. The molecule has 0 radical (unpaired) electrons. The van der Waals surface area contributed by atoms with Crippen molar-refractivity contribution in [1.82, 2.24) is 4.98 Å². The van der Waals surface area contributed by atoms with E-state index in [1.54, 1.807) is 48.7 Å². The fraction of sp³-hybridized carbons (Fsp3) is 0. The summed E-state index contributed by atoms with van der Waals surface area (Å²) in [5, 5.41) is 0. The summed E-state index contributed by atoms with van der Waals surface area (Å²) in [4.78, 5) is 4.05. The lowest BCUT2D eigenvalue weighted by Gasteiger charge is -2.08. The van der Waals surface area contributed by atoms with E-state index in [0.29, 0.717) is 11.3 Å². The summed E-state index contributed by atoms with van der Waals surface area (Å²) in [6.07, 6.45) is 1.55. The van der Waals surface area contributed by atoms with Crippen LogP contribution in [0.4, 0.5) is 8.78 Å². The molecule has 0 N–H and O–H groups in total. The van der Waals surface area contributed by atoms with Crippen molar-refractivity contribution >= 4 is 0 Å². The predicted octanol–water partition coefficient (Wildman–Crippen LogP) is 4.69. The molecule has 0 aliphatic heterocycles. The maximum atomic E-state index is 14.2. The van der Waals surface area contributed by atoms with E-state index in [4.69, 9.17) is 0 Å². The Morgan fingerprint density at radius 1 is 0.700 bits per heavy atom. The van der Waals surface area contributed by atoms with Crippen LogP contribution >= 0.6 is 0 Å². The van der Waals surface area contributed by atoms with Gasteiger partial charge < -0.3 is 0 Å². The van der Waals surface area contributed by atoms with Crippen LogP contribution in [0, 0.1) is 11.6 Å². The van der Waals surface area contributed by atoms with E-state index in [0.717, 1.165) is 0 Å². The van der Waals surface area contributed by atoms with Gasteiger partial charge in [0.15, 0.2) is 0 Å². The molecule has 98 valence electrons. The van der Waals surface area contributed by atoms with Crippen LogP contribution in [0.1, 0.15) is 0 Å². The first-order valence-corrected chi connectivity index (χ1v) is 6.21. The molecular weight excluding hydrogens is 256 g/mol. The number of halogens is 2. The Bertz CT molecular complexity index is 659. The molecule has 1 heterocycles. The lowest BCUT2D eigenvalue weighted by Crippen LogP contribution is -1.92. The van der Waals surface area contributed by atoms with Gasteiger partial charge in [0.2, 0.25) is 0 Å². The molecule has 0 atom stereocenters. The van der Waals surface area contributed by atoms with Crippen molar-refractivity contribution in [2.45, 2.75) is 0 Å². The fourth-order valence-corrected chi connectivity index (χ4v) is 2.10.